The first-order chi connectivity index (χ1) is 7.10. The molecule has 0 atom stereocenters. The summed E-state index contributed by atoms with van der Waals surface area (Å²) >= 11 is 5.80. The van der Waals surface area contributed by atoms with E-state index in [9.17, 15) is 9.59 Å². The van der Waals surface area contributed by atoms with Crippen LogP contribution in [0.1, 0.15) is 20.7 Å². The molecule has 5 heteroatoms. The molecule has 0 heterocycles. The van der Waals surface area contributed by atoms with E-state index in [2.05, 4.69) is 10.1 Å². The quantitative estimate of drug-likeness (QED) is 0.779. The molecule has 0 unspecified atom stereocenters. The summed E-state index contributed by atoms with van der Waals surface area (Å²) in [7, 11) is 2.76. The van der Waals surface area contributed by atoms with Gasteiger partial charge in [0, 0.05) is 7.05 Å². The second-order valence-corrected chi connectivity index (χ2v) is 3.17. The average molecular weight is 228 g/mol. The summed E-state index contributed by atoms with van der Waals surface area (Å²) in [5.41, 5.74) is 0.544. The molecule has 0 fully saturated rings. The molecule has 0 aliphatic rings. The van der Waals surface area contributed by atoms with E-state index >= 15 is 0 Å². The largest absolute Gasteiger partial charge is 0.465 e. The normalized spacial score (nSPS) is 9.53. The van der Waals surface area contributed by atoms with E-state index < -0.39 is 5.97 Å². The highest BCUT2D eigenvalue weighted by atomic mass is 35.5. The molecule has 1 aromatic rings. The van der Waals surface area contributed by atoms with E-state index in [4.69, 9.17) is 11.6 Å². The van der Waals surface area contributed by atoms with Crippen molar-refractivity contribution >= 4 is 23.5 Å². The number of hydrogen-bond donors (Lipinski definition) is 1. The first-order valence-electron chi connectivity index (χ1n) is 4.20. The first kappa shape index (κ1) is 11.5. The molecule has 0 spiro atoms. The van der Waals surface area contributed by atoms with Gasteiger partial charge >= 0.3 is 5.97 Å². The molecule has 1 aromatic carbocycles. The van der Waals surface area contributed by atoms with Crippen LogP contribution in [0, 0.1) is 0 Å². The van der Waals surface area contributed by atoms with Gasteiger partial charge in [-0.3, -0.25) is 4.79 Å². The number of esters is 1. The van der Waals surface area contributed by atoms with E-state index in [0.29, 0.717) is 10.6 Å². The number of amides is 1. The number of methoxy groups -OCH3 is 1. The summed E-state index contributed by atoms with van der Waals surface area (Å²) in [4.78, 5) is 22.5. The number of hydrogen-bond acceptors (Lipinski definition) is 3. The Morgan fingerprint density at radius 1 is 1.40 bits per heavy atom. The summed E-state index contributed by atoms with van der Waals surface area (Å²) in [6.45, 7) is 0. The summed E-state index contributed by atoms with van der Waals surface area (Å²) in [5.74, 6) is -0.845. The number of rotatable bonds is 2. The van der Waals surface area contributed by atoms with E-state index in [1.54, 1.807) is 0 Å². The second-order valence-electron chi connectivity index (χ2n) is 2.77. The number of nitrogens with one attached hydrogen (secondary N) is 1. The van der Waals surface area contributed by atoms with E-state index in [1.165, 1.54) is 32.4 Å². The van der Waals surface area contributed by atoms with Gasteiger partial charge in [0.25, 0.3) is 5.91 Å². The lowest BCUT2D eigenvalue weighted by molar-refractivity contribution is 0.0600. The van der Waals surface area contributed by atoms with Gasteiger partial charge in [-0.05, 0) is 18.2 Å². The second kappa shape index (κ2) is 4.79. The maximum absolute atomic E-state index is 11.3. The zero-order valence-corrected chi connectivity index (χ0v) is 9.09. The Hall–Kier alpha value is -1.55. The maximum Gasteiger partial charge on any atom is 0.337 e. The number of benzene rings is 1. The van der Waals surface area contributed by atoms with Crippen molar-refractivity contribution in [3.63, 3.8) is 0 Å². The van der Waals surface area contributed by atoms with Crippen LogP contribution >= 0.6 is 11.6 Å². The van der Waals surface area contributed by atoms with Crippen molar-refractivity contribution in [3.05, 3.63) is 34.3 Å². The predicted molar refractivity (Wildman–Crippen MR) is 56.2 cm³/mol. The minimum absolute atomic E-state index is 0.252. The number of carbonyl (C=O) groups excluding carboxylic acids is 2. The summed E-state index contributed by atoms with van der Waals surface area (Å²) in [6.07, 6.45) is 0. The minimum atomic E-state index is -0.503. The van der Waals surface area contributed by atoms with Crippen LogP contribution in [0.2, 0.25) is 5.02 Å². The Labute approximate surface area is 92.2 Å². The Bertz CT molecular complexity index is 404. The molecule has 1 amide bonds. The van der Waals surface area contributed by atoms with Crippen LogP contribution < -0.4 is 5.32 Å². The van der Waals surface area contributed by atoms with Crippen molar-refractivity contribution in [1.82, 2.24) is 5.32 Å². The minimum Gasteiger partial charge on any atom is -0.465 e. The highest BCUT2D eigenvalue weighted by Crippen LogP contribution is 2.17. The highest BCUT2D eigenvalue weighted by molar-refractivity contribution is 6.34. The number of ether oxygens (including phenoxy) is 1. The molecule has 1 N–H and O–H groups in total. The molecule has 4 nitrogen and oxygen atoms in total. The van der Waals surface area contributed by atoms with Crippen molar-refractivity contribution in [3.8, 4) is 0 Å². The predicted octanol–water partition coefficient (Wildman–Crippen LogP) is 1.49. The zero-order valence-electron chi connectivity index (χ0n) is 8.33. The molecule has 0 aliphatic heterocycles. The van der Waals surface area contributed by atoms with Crippen molar-refractivity contribution in [1.29, 1.82) is 0 Å². The van der Waals surface area contributed by atoms with Crippen LogP contribution in [0.25, 0.3) is 0 Å². The van der Waals surface area contributed by atoms with Gasteiger partial charge in [0.05, 0.1) is 23.3 Å². The Kier molecular flexibility index (Phi) is 3.68. The van der Waals surface area contributed by atoms with Gasteiger partial charge in [0.2, 0.25) is 0 Å². The fourth-order valence-corrected chi connectivity index (χ4v) is 1.28. The Morgan fingerprint density at radius 3 is 2.60 bits per heavy atom. The lowest BCUT2D eigenvalue weighted by Crippen LogP contribution is -2.18. The fourth-order valence-electron chi connectivity index (χ4n) is 1.08. The molecule has 0 saturated heterocycles. The molecule has 1 rings (SSSR count). The first-order valence-corrected chi connectivity index (χ1v) is 4.58. The Morgan fingerprint density at radius 2 is 2.07 bits per heavy atom. The average Bonchev–Trinajstić information content (AvgIpc) is 2.27. The van der Waals surface area contributed by atoms with Gasteiger partial charge < -0.3 is 10.1 Å². The van der Waals surface area contributed by atoms with Crippen LogP contribution in [-0.4, -0.2) is 26.0 Å². The van der Waals surface area contributed by atoms with Gasteiger partial charge in [-0.2, -0.15) is 0 Å². The van der Waals surface area contributed by atoms with Crippen molar-refractivity contribution in [2.24, 2.45) is 0 Å². The van der Waals surface area contributed by atoms with Crippen LogP contribution in [-0.2, 0) is 4.74 Å². The monoisotopic (exact) mass is 227 g/mol. The van der Waals surface area contributed by atoms with Crippen LogP contribution in [0.3, 0.4) is 0 Å². The van der Waals surface area contributed by atoms with E-state index in [0.717, 1.165) is 0 Å². The third-order valence-corrected chi connectivity index (χ3v) is 2.19. The number of carbonyl (C=O) groups is 2. The highest BCUT2D eigenvalue weighted by Gasteiger charge is 2.13. The zero-order chi connectivity index (χ0) is 11.4. The SMILES string of the molecule is CNC(=O)c1cc(C(=O)OC)ccc1Cl. The van der Waals surface area contributed by atoms with Crippen LogP contribution in [0.15, 0.2) is 18.2 Å². The summed E-state index contributed by atoms with van der Waals surface area (Å²) in [5, 5.41) is 2.72. The van der Waals surface area contributed by atoms with Crippen LogP contribution in [0.4, 0.5) is 0 Å². The molecule has 0 bridgehead atoms. The van der Waals surface area contributed by atoms with Gasteiger partial charge in [0.15, 0.2) is 0 Å². The van der Waals surface area contributed by atoms with Gasteiger partial charge in [-0.15, -0.1) is 0 Å². The van der Waals surface area contributed by atoms with Gasteiger partial charge in [-0.1, -0.05) is 11.6 Å². The standard InChI is InChI=1S/C10H10ClNO3/c1-12-9(13)7-5-6(10(14)15-2)3-4-8(7)11/h3-5H,1-2H3,(H,12,13). The fraction of sp³-hybridized carbons (Fsp3) is 0.200. The van der Waals surface area contributed by atoms with E-state index in [1.807, 2.05) is 0 Å². The van der Waals surface area contributed by atoms with Gasteiger partial charge in [0.1, 0.15) is 0 Å². The Balaban J connectivity index is 3.16. The lowest BCUT2D eigenvalue weighted by Gasteiger charge is -2.05. The molecule has 0 radical (unpaired) electrons. The maximum atomic E-state index is 11.3. The molecular weight excluding hydrogens is 218 g/mol. The van der Waals surface area contributed by atoms with Crippen molar-refractivity contribution in [2.75, 3.05) is 14.2 Å². The van der Waals surface area contributed by atoms with Gasteiger partial charge in [-0.25, -0.2) is 4.79 Å². The molecular formula is C10H10ClNO3. The lowest BCUT2D eigenvalue weighted by atomic mass is 10.1. The summed E-state index contributed by atoms with van der Waals surface area (Å²) < 4.78 is 4.53. The van der Waals surface area contributed by atoms with E-state index in [-0.39, 0.29) is 11.5 Å². The number of halogens is 1. The summed E-state index contributed by atoms with van der Waals surface area (Å²) in [6, 6.07) is 4.38. The molecule has 0 aliphatic carbocycles. The molecule has 15 heavy (non-hydrogen) atoms. The smallest absolute Gasteiger partial charge is 0.337 e. The van der Waals surface area contributed by atoms with Crippen molar-refractivity contribution in [2.45, 2.75) is 0 Å². The third kappa shape index (κ3) is 2.47. The molecule has 80 valence electrons. The van der Waals surface area contributed by atoms with Crippen molar-refractivity contribution < 1.29 is 14.3 Å². The van der Waals surface area contributed by atoms with Crippen LogP contribution in [0.5, 0.6) is 0 Å². The molecule has 0 aromatic heterocycles. The topological polar surface area (TPSA) is 55.4 Å². The molecule has 0 saturated carbocycles. The third-order valence-electron chi connectivity index (χ3n) is 1.86.